The molecular weight excluding hydrogens is 371 g/mol. The molecule has 0 heterocycles. The highest BCUT2D eigenvalue weighted by atomic mass is 127. The molecule has 0 aliphatic heterocycles. The number of hydrogen-bond acceptors (Lipinski definition) is 3. The quantitative estimate of drug-likeness (QED) is 0.246. The van der Waals surface area contributed by atoms with Crippen LogP contribution in [0, 0.1) is 5.92 Å². The number of methoxy groups -OCH3 is 1. The molecule has 3 N–H and O–H groups in total. The first kappa shape index (κ1) is 21.7. The lowest BCUT2D eigenvalue weighted by Gasteiger charge is -2.17. The molecule has 0 aromatic heterocycles. The third kappa shape index (κ3) is 11.3. The number of nitrogens with zero attached hydrogens (tertiary/aromatic N) is 1. The van der Waals surface area contributed by atoms with Crippen molar-refractivity contribution in [3.05, 3.63) is 0 Å². The molecule has 0 spiro atoms. The van der Waals surface area contributed by atoms with Crippen molar-refractivity contribution in [1.29, 1.82) is 0 Å². The maximum absolute atomic E-state index is 11.4. The van der Waals surface area contributed by atoms with E-state index in [-0.39, 0.29) is 41.8 Å². The molecule has 0 rings (SSSR count). The number of amides is 1. The summed E-state index contributed by atoms with van der Waals surface area (Å²) in [4.78, 5) is 15.8. The lowest BCUT2D eigenvalue weighted by molar-refractivity contribution is -0.123. The smallest absolute Gasteiger partial charge is 0.222 e. The Bertz CT molecular complexity index is 286. The van der Waals surface area contributed by atoms with Gasteiger partial charge in [-0.2, -0.15) is 0 Å². The van der Waals surface area contributed by atoms with Crippen LogP contribution in [0.25, 0.3) is 0 Å². The van der Waals surface area contributed by atoms with Gasteiger partial charge in [-0.15, -0.1) is 24.0 Å². The highest BCUT2D eigenvalue weighted by Crippen LogP contribution is 1.89. The summed E-state index contributed by atoms with van der Waals surface area (Å²) >= 11 is 0. The summed E-state index contributed by atoms with van der Waals surface area (Å²) in [5, 5.41) is 9.22. The summed E-state index contributed by atoms with van der Waals surface area (Å²) < 4.78 is 5.06. The molecule has 0 bridgehead atoms. The van der Waals surface area contributed by atoms with E-state index in [9.17, 15) is 4.79 Å². The Labute approximate surface area is 139 Å². The van der Waals surface area contributed by atoms with E-state index >= 15 is 0 Å². The number of ether oxygens (including phenoxy) is 1. The van der Waals surface area contributed by atoms with Gasteiger partial charge >= 0.3 is 0 Å². The van der Waals surface area contributed by atoms with E-state index in [1.807, 2.05) is 27.7 Å². The molecule has 20 heavy (non-hydrogen) atoms. The summed E-state index contributed by atoms with van der Waals surface area (Å²) in [6.07, 6.45) is 0. The van der Waals surface area contributed by atoms with E-state index in [2.05, 4.69) is 20.9 Å². The van der Waals surface area contributed by atoms with Crippen molar-refractivity contribution in [1.82, 2.24) is 16.0 Å². The number of rotatable bonds is 8. The van der Waals surface area contributed by atoms with E-state index < -0.39 is 0 Å². The van der Waals surface area contributed by atoms with Crippen molar-refractivity contribution in [2.45, 2.75) is 33.7 Å². The average molecular weight is 400 g/mol. The zero-order valence-corrected chi connectivity index (χ0v) is 15.5. The largest absolute Gasteiger partial charge is 0.383 e. The summed E-state index contributed by atoms with van der Waals surface area (Å²) in [6, 6.07) is 0.188. The summed E-state index contributed by atoms with van der Waals surface area (Å²) in [5.74, 6) is 0.809. The number of guanidine groups is 1. The maximum atomic E-state index is 11.4. The third-order valence-electron chi connectivity index (χ3n) is 2.35. The summed E-state index contributed by atoms with van der Waals surface area (Å²) in [5.41, 5.74) is 0. The van der Waals surface area contributed by atoms with Crippen LogP contribution in [0.15, 0.2) is 4.99 Å². The van der Waals surface area contributed by atoms with Crippen molar-refractivity contribution in [3.8, 4) is 0 Å². The van der Waals surface area contributed by atoms with Gasteiger partial charge in [0.25, 0.3) is 0 Å². The highest BCUT2D eigenvalue weighted by Gasteiger charge is 2.06. The number of halogens is 1. The molecular formula is C13H29IN4O2. The molecule has 0 aromatic carbocycles. The molecule has 0 aliphatic carbocycles. The Kier molecular flexibility index (Phi) is 14.6. The molecule has 6 nitrogen and oxygen atoms in total. The average Bonchev–Trinajstić information content (AvgIpc) is 2.34. The van der Waals surface area contributed by atoms with Crippen LogP contribution in [0.5, 0.6) is 0 Å². The minimum atomic E-state index is 0. The van der Waals surface area contributed by atoms with Crippen molar-refractivity contribution in [2.24, 2.45) is 10.9 Å². The van der Waals surface area contributed by atoms with Crippen LogP contribution < -0.4 is 16.0 Å². The summed E-state index contributed by atoms with van der Waals surface area (Å²) in [6.45, 7) is 10.3. The van der Waals surface area contributed by atoms with E-state index in [1.54, 1.807) is 7.11 Å². The molecule has 7 heteroatoms. The second kappa shape index (κ2) is 13.4. The molecule has 1 amide bonds. The fourth-order valence-electron chi connectivity index (χ4n) is 1.40. The predicted octanol–water partition coefficient (Wildman–Crippen LogP) is 0.967. The monoisotopic (exact) mass is 400 g/mol. The van der Waals surface area contributed by atoms with Crippen molar-refractivity contribution in [2.75, 3.05) is 33.4 Å². The Morgan fingerprint density at radius 2 is 1.90 bits per heavy atom. The van der Waals surface area contributed by atoms with E-state index in [0.29, 0.717) is 19.7 Å². The van der Waals surface area contributed by atoms with Gasteiger partial charge in [0.15, 0.2) is 5.96 Å². The lowest BCUT2D eigenvalue weighted by atomic mass is 10.2. The molecule has 0 saturated carbocycles. The van der Waals surface area contributed by atoms with Crippen molar-refractivity contribution in [3.63, 3.8) is 0 Å². The van der Waals surface area contributed by atoms with Gasteiger partial charge in [-0.3, -0.25) is 9.79 Å². The number of nitrogens with one attached hydrogen (secondary N) is 3. The van der Waals surface area contributed by atoms with E-state index in [4.69, 9.17) is 4.74 Å². The van der Waals surface area contributed by atoms with Crippen molar-refractivity contribution < 1.29 is 9.53 Å². The van der Waals surface area contributed by atoms with Gasteiger partial charge in [0, 0.05) is 32.2 Å². The zero-order chi connectivity index (χ0) is 14.7. The van der Waals surface area contributed by atoms with Gasteiger partial charge in [0.05, 0.1) is 13.2 Å². The molecule has 0 aliphatic rings. The Hall–Kier alpha value is -0.570. The Morgan fingerprint density at radius 3 is 2.40 bits per heavy atom. The summed E-state index contributed by atoms with van der Waals surface area (Å²) in [7, 11) is 1.67. The number of carbonyl (C=O) groups excluding carboxylic acids is 1. The standard InChI is InChI=1S/C13H28N4O2.HI/c1-6-14-13(17-11(4)9-19-5)16-8-7-15-12(18)10(2)3;/h10-11H,6-9H2,1-5H3,(H,15,18)(H2,14,16,17);1H. The fourth-order valence-corrected chi connectivity index (χ4v) is 1.40. The van der Waals surface area contributed by atoms with Gasteiger partial charge < -0.3 is 20.7 Å². The van der Waals surface area contributed by atoms with Crippen LogP contribution in [0.1, 0.15) is 27.7 Å². The topological polar surface area (TPSA) is 74.8 Å². The van der Waals surface area contributed by atoms with Gasteiger partial charge in [0.1, 0.15) is 0 Å². The van der Waals surface area contributed by atoms with Gasteiger partial charge in [-0.05, 0) is 13.8 Å². The van der Waals surface area contributed by atoms with Crippen LogP contribution >= 0.6 is 24.0 Å². The first-order valence-electron chi connectivity index (χ1n) is 6.82. The Morgan fingerprint density at radius 1 is 1.25 bits per heavy atom. The van der Waals surface area contributed by atoms with Crippen LogP contribution in [0.3, 0.4) is 0 Å². The second-order valence-corrected chi connectivity index (χ2v) is 4.71. The van der Waals surface area contributed by atoms with E-state index in [0.717, 1.165) is 12.5 Å². The van der Waals surface area contributed by atoms with Crippen LogP contribution in [-0.2, 0) is 9.53 Å². The zero-order valence-electron chi connectivity index (χ0n) is 13.2. The Balaban J connectivity index is 0. The molecule has 0 fully saturated rings. The van der Waals surface area contributed by atoms with Crippen LogP contribution in [0.4, 0.5) is 0 Å². The van der Waals surface area contributed by atoms with Crippen LogP contribution in [-0.4, -0.2) is 51.3 Å². The van der Waals surface area contributed by atoms with Crippen molar-refractivity contribution >= 4 is 35.8 Å². The minimum absolute atomic E-state index is 0. The first-order valence-corrected chi connectivity index (χ1v) is 6.82. The SMILES string of the molecule is CCNC(=NCCNC(=O)C(C)C)NC(C)COC.I. The number of hydrogen-bond donors (Lipinski definition) is 3. The van der Waals surface area contributed by atoms with Gasteiger partial charge in [-0.25, -0.2) is 0 Å². The van der Waals surface area contributed by atoms with E-state index in [1.165, 1.54) is 0 Å². The predicted molar refractivity (Wildman–Crippen MR) is 93.7 cm³/mol. The minimum Gasteiger partial charge on any atom is -0.383 e. The molecule has 120 valence electrons. The number of carbonyl (C=O) groups is 1. The first-order chi connectivity index (χ1) is 9.01. The fraction of sp³-hybridized carbons (Fsp3) is 0.846. The van der Waals surface area contributed by atoms with Crippen LogP contribution in [0.2, 0.25) is 0 Å². The molecule has 0 radical (unpaired) electrons. The normalized spacial score (nSPS) is 12.6. The van der Waals surface area contributed by atoms with Gasteiger partial charge in [-0.1, -0.05) is 13.8 Å². The molecule has 0 saturated heterocycles. The molecule has 1 unspecified atom stereocenters. The highest BCUT2D eigenvalue weighted by molar-refractivity contribution is 14.0. The molecule has 1 atom stereocenters. The molecule has 0 aromatic rings. The second-order valence-electron chi connectivity index (χ2n) is 4.71. The van der Waals surface area contributed by atoms with Gasteiger partial charge in [0.2, 0.25) is 5.91 Å². The number of aliphatic imine (C=N–C) groups is 1. The maximum Gasteiger partial charge on any atom is 0.222 e. The third-order valence-corrected chi connectivity index (χ3v) is 2.35. The lowest BCUT2D eigenvalue weighted by Crippen LogP contribution is -2.44.